The molecule has 17 heavy (non-hydrogen) atoms. The second-order valence-electron chi connectivity index (χ2n) is 4.86. The van der Waals surface area contributed by atoms with Gasteiger partial charge >= 0.3 is 0 Å². The maximum atomic E-state index is 13.7. The highest BCUT2D eigenvalue weighted by atomic mass is 19.1. The Balaban J connectivity index is 2.24. The lowest BCUT2D eigenvalue weighted by molar-refractivity contribution is 0.312. The summed E-state index contributed by atoms with van der Waals surface area (Å²) in [5, 5.41) is 3.42. The summed E-state index contributed by atoms with van der Waals surface area (Å²) >= 11 is 0. The van der Waals surface area contributed by atoms with Gasteiger partial charge in [0, 0.05) is 31.2 Å². The SMILES string of the molecule is CCC1(C)CN(c2cc(F)ccc2F)CCN1. The number of rotatable bonds is 2. The number of halogens is 2. The van der Waals surface area contributed by atoms with Crippen LogP contribution in [0.1, 0.15) is 20.3 Å². The lowest BCUT2D eigenvalue weighted by Crippen LogP contribution is -2.58. The van der Waals surface area contributed by atoms with Crippen LogP contribution in [-0.4, -0.2) is 25.2 Å². The zero-order valence-electron chi connectivity index (χ0n) is 10.3. The molecule has 0 aromatic heterocycles. The lowest BCUT2D eigenvalue weighted by atomic mass is 9.95. The molecule has 1 aliphatic heterocycles. The largest absolute Gasteiger partial charge is 0.366 e. The minimum absolute atomic E-state index is 0.0307. The second-order valence-corrected chi connectivity index (χ2v) is 4.86. The Morgan fingerprint density at radius 1 is 1.41 bits per heavy atom. The van der Waals surface area contributed by atoms with E-state index in [1.54, 1.807) is 0 Å². The Kier molecular flexibility index (Phi) is 3.33. The van der Waals surface area contributed by atoms with E-state index in [1.807, 2.05) is 4.90 Å². The van der Waals surface area contributed by atoms with Crippen LogP contribution in [0.3, 0.4) is 0 Å². The molecule has 4 heteroatoms. The number of nitrogens with zero attached hydrogens (tertiary/aromatic N) is 1. The van der Waals surface area contributed by atoms with Gasteiger partial charge in [0.2, 0.25) is 0 Å². The average molecular weight is 240 g/mol. The molecule has 0 bridgehead atoms. The summed E-state index contributed by atoms with van der Waals surface area (Å²) in [4.78, 5) is 1.92. The Bertz CT molecular complexity index is 408. The summed E-state index contributed by atoms with van der Waals surface area (Å²) < 4.78 is 26.8. The molecule has 1 unspecified atom stereocenters. The molecule has 1 heterocycles. The van der Waals surface area contributed by atoms with Crippen molar-refractivity contribution in [3.05, 3.63) is 29.8 Å². The van der Waals surface area contributed by atoms with E-state index >= 15 is 0 Å². The molecule has 1 aliphatic rings. The van der Waals surface area contributed by atoms with Crippen molar-refractivity contribution < 1.29 is 8.78 Å². The standard InChI is InChI=1S/C13H18F2N2/c1-3-13(2)9-17(7-6-16-13)12-8-10(14)4-5-11(12)15/h4-5,8,16H,3,6-7,9H2,1-2H3. The minimum Gasteiger partial charge on any atom is -0.366 e. The topological polar surface area (TPSA) is 15.3 Å². The van der Waals surface area contributed by atoms with Gasteiger partial charge in [-0.15, -0.1) is 0 Å². The van der Waals surface area contributed by atoms with Crippen molar-refractivity contribution in [2.75, 3.05) is 24.5 Å². The number of hydrogen-bond acceptors (Lipinski definition) is 2. The molecule has 2 nitrogen and oxygen atoms in total. The lowest BCUT2D eigenvalue weighted by Gasteiger charge is -2.42. The Hall–Kier alpha value is -1.16. The van der Waals surface area contributed by atoms with Crippen molar-refractivity contribution >= 4 is 5.69 Å². The first kappa shape index (κ1) is 12.3. The minimum atomic E-state index is -0.391. The Morgan fingerprint density at radius 3 is 2.88 bits per heavy atom. The number of anilines is 1. The second kappa shape index (κ2) is 4.61. The molecule has 0 saturated carbocycles. The Labute approximate surface area is 101 Å². The van der Waals surface area contributed by atoms with Gasteiger partial charge in [0.15, 0.2) is 0 Å². The zero-order valence-corrected chi connectivity index (χ0v) is 10.3. The van der Waals surface area contributed by atoms with Gasteiger partial charge in [0.25, 0.3) is 0 Å². The van der Waals surface area contributed by atoms with E-state index in [4.69, 9.17) is 0 Å². The van der Waals surface area contributed by atoms with Gasteiger partial charge in [-0.05, 0) is 25.5 Å². The molecule has 1 aromatic carbocycles. The normalized spacial score (nSPS) is 25.1. The van der Waals surface area contributed by atoms with Crippen LogP contribution < -0.4 is 10.2 Å². The number of hydrogen-bond donors (Lipinski definition) is 1. The first-order valence-electron chi connectivity index (χ1n) is 5.99. The number of nitrogens with one attached hydrogen (secondary N) is 1. The van der Waals surface area contributed by atoms with E-state index in [1.165, 1.54) is 12.1 Å². The Morgan fingerprint density at radius 2 is 2.18 bits per heavy atom. The summed E-state index contributed by atoms with van der Waals surface area (Å²) in [5.74, 6) is -0.745. The smallest absolute Gasteiger partial charge is 0.146 e. The molecular formula is C13H18F2N2. The summed E-state index contributed by atoms with van der Waals surface area (Å²) in [5.41, 5.74) is 0.336. The molecular weight excluding hydrogens is 222 g/mol. The average Bonchev–Trinajstić information content (AvgIpc) is 2.32. The van der Waals surface area contributed by atoms with E-state index in [-0.39, 0.29) is 11.4 Å². The fourth-order valence-corrected chi connectivity index (χ4v) is 2.22. The molecule has 0 radical (unpaired) electrons. The fraction of sp³-hybridized carbons (Fsp3) is 0.538. The number of benzene rings is 1. The van der Waals surface area contributed by atoms with E-state index in [0.717, 1.165) is 19.0 Å². The predicted octanol–water partition coefficient (Wildman–Crippen LogP) is 2.54. The monoisotopic (exact) mass is 240 g/mol. The summed E-state index contributed by atoms with van der Waals surface area (Å²) in [7, 11) is 0. The van der Waals surface area contributed by atoms with Crippen LogP contribution >= 0.6 is 0 Å². The first-order chi connectivity index (χ1) is 8.04. The first-order valence-corrected chi connectivity index (χ1v) is 5.99. The molecule has 1 atom stereocenters. The van der Waals surface area contributed by atoms with Gasteiger partial charge in [-0.1, -0.05) is 6.92 Å². The summed E-state index contributed by atoms with van der Waals surface area (Å²) in [6, 6.07) is 3.62. The molecule has 0 amide bonds. The molecule has 0 spiro atoms. The van der Waals surface area contributed by atoms with Crippen LogP contribution in [0.4, 0.5) is 14.5 Å². The molecule has 2 rings (SSSR count). The van der Waals surface area contributed by atoms with Crippen molar-refractivity contribution in [3.8, 4) is 0 Å². The van der Waals surface area contributed by atoms with Gasteiger partial charge in [-0.2, -0.15) is 0 Å². The van der Waals surface area contributed by atoms with Crippen LogP contribution in [0.2, 0.25) is 0 Å². The van der Waals surface area contributed by atoms with Crippen molar-refractivity contribution in [1.29, 1.82) is 0 Å². The summed E-state index contributed by atoms with van der Waals surface area (Å²) in [6.45, 7) is 6.40. The molecule has 1 saturated heterocycles. The molecule has 1 fully saturated rings. The van der Waals surface area contributed by atoms with Gasteiger partial charge < -0.3 is 10.2 Å². The summed E-state index contributed by atoms with van der Waals surface area (Å²) in [6.07, 6.45) is 0.959. The van der Waals surface area contributed by atoms with E-state index in [9.17, 15) is 8.78 Å². The molecule has 94 valence electrons. The number of piperazine rings is 1. The zero-order chi connectivity index (χ0) is 12.5. The molecule has 1 N–H and O–H groups in total. The van der Waals surface area contributed by atoms with Gasteiger partial charge in [-0.3, -0.25) is 0 Å². The van der Waals surface area contributed by atoms with Gasteiger partial charge in [0.05, 0.1) is 5.69 Å². The quantitative estimate of drug-likeness (QED) is 0.854. The van der Waals surface area contributed by atoms with Crippen molar-refractivity contribution in [2.24, 2.45) is 0 Å². The maximum Gasteiger partial charge on any atom is 0.146 e. The third-order valence-corrected chi connectivity index (χ3v) is 3.50. The van der Waals surface area contributed by atoms with Crippen LogP contribution in [0.15, 0.2) is 18.2 Å². The third kappa shape index (κ3) is 2.57. The van der Waals surface area contributed by atoms with E-state index in [0.29, 0.717) is 18.8 Å². The van der Waals surface area contributed by atoms with Crippen LogP contribution in [0, 0.1) is 11.6 Å². The van der Waals surface area contributed by atoms with Crippen LogP contribution in [0.25, 0.3) is 0 Å². The van der Waals surface area contributed by atoms with Crippen LogP contribution in [0.5, 0.6) is 0 Å². The van der Waals surface area contributed by atoms with E-state index in [2.05, 4.69) is 19.2 Å². The predicted molar refractivity (Wildman–Crippen MR) is 65.3 cm³/mol. The fourth-order valence-electron chi connectivity index (χ4n) is 2.22. The van der Waals surface area contributed by atoms with Crippen LogP contribution in [-0.2, 0) is 0 Å². The van der Waals surface area contributed by atoms with E-state index < -0.39 is 5.82 Å². The molecule has 0 aliphatic carbocycles. The highest BCUT2D eigenvalue weighted by Gasteiger charge is 2.29. The maximum absolute atomic E-state index is 13.7. The van der Waals surface area contributed by atoms with Crippen molar-refractivity contribution in [3.63, 3.8) is 0 Å². The van der Waals surface area contributed by atoms with Crippen molar-refractivity contribution in [2.45, 2.75) is 25.8 Å². The third-order valence-electron chi connectivity index (χ3n) is 3.50. The van der Waals surface area contributed by atoms with Crippen molar-refractivity contribution in [1.82, 2.24) is 5.32 Å². The van der Waals surface area contributed by atoms with Gasteiger partial charge in [0.1, 0.15) is 11.6 Å². The molecule has 1 aromatic rings. The highest BCUT2D eigenvalue weighted by molar-refractivity contribution is 5.49. The van der Waals surface area contributed by atoms with Gasteiger partial charge in [-0.25, -0.2) is 8.78 Å². The highest BCUT2D eigenvalue weighted by Crippen LogP contribution is 2.25.